The third-order valence-electron chi connectivity index (χ3n) is 7.61. The molecule has 2 aliphatic carbocycles. The van der Waals surface area contributed by atoms with E-state index in [9.17, 15) is 46.1 Å². The van der Waals surface area contributed by atoms with Gasteiger partial charge in [-0.1, -0.05) is 6.07 Å². The average molecular weight is 600 g/mol. The molecule has 2 aliphatic rings. The third kappa shape index (κ3) is 6.40. The van der Waals surface area contributed by atoms with Crippen LogP contribution < -0.4 is 16.0 Å². The van der Waals surface area contributed by atoms with Crippen LogP contribution in [-0.4, -0.2) is 49.8 Å². The molecular weight excluding hydrogens is 572 g/mol. The van der Waals surface area contributed by atoms with Gasteiger partial charge in [-0.25, -0.2) is 4.98 Å². The molecule has 2 aromatic carbocycles. The van der Waals surface area contributed by atoms with E-state index in [-0.39, 0.29) is 60.5 Å². The predicted octanol–water partition coefficient (Wildman–Crippen LogP) is 5.02. The first-order valence-electron chi connectivity index (χ1n) is 13.2. The molecule has 1 heterocycles. The molecular formula is C27H27F6N5O4. The number of aliphatic hydroxyl groups is 1. The molecule has 1 aromatic heterocycles. The summed E-state index contributed by atoms with van der Waals surface area (Å²) in [5, 5.41) is 28.0. The number of carbonyl (C=O) groups excluding carboxylic acids is 2. The maximum Gasteiger partial charge on any atom is 0.418 e. The van der Waals surface area contributed by atoms with E-state index in [0.717, 1.165) is 12.1 Å². The van der Waals surface area contributed by atoms with Gasteiger partial charge in [-0.3, -0.25) is 9.59 Å². The van der Waals surface area contributed by atoms with Crippen LogP contribution in [0.5, 0.6) is 5.75 Å². The van der Waals surface area contributed by atoms with E-state index < -0.39 is 53.0 Å². The van der Waals surface area contributed by atoms with E-state index in [0.29, 0.717) is 18.4 Å². The van der Waals surface area contributed by atoms with Crippen molar-refractivity contribution in [3.63, 3.8) is 0 Å². The first-order valence-corrected chi connectivity index (χ1v) is 13.2. The van der Waals surface area contributed by atoms with E-state index in [4.69, 9.17) is 0 Å². The number of benzene rings is 2. The molecule has 15 heteroatoms. The minimum atomic E-state index is -4.73. The zero-order valence-corrected chi connectivity index (χ0v) is 21.9. The van der Waals surface area contributed by atoms with Gasteiger partial charge in [0.25, 0.3) is 11.8 Å². The van der Waals surface area contributed by atoms with Crippen molar-refractivity contribution in [2.75, 3.05) is 5.32 Å². The number of anilines is 2. The van der Waals surface area contributed by atoms with E-state index in [1.807, 2.05) is 0 Å². The van der Waals surface area contributed by atoms with Gasteiger partial charge in [0.05, 0.1) is 33.8 Å². The lowest BCUT2D eigenvalue weighted by atomic mass is 9.85. The zero-order chi connectivity index (χ0) is 30.4. The van der Waals surface area contributed by atoms with Crippen LogP contribution >= 0.6 is 0 Å². The maximum absolute atomic E-state index is 13.7. The van der Waals surface area contributed by atoms with E-state index in [1.165, 1.54) is 18.2 Å². The van der Waals surface area contributed by atoms with Crippen LogP contribution in [-0.2, 0) is 17.5 Å². The van der Waals surface area contributed by atoms with E-state index >= 15 is 0 Å². The molecule has 0 radical (unpaired) electrons. The minimum Gasteiger partial charge on any atom is -0.507 e. The molecule has 2 fully saturated rings. The van der Waals surface area contributed by atoms with Crippen LogP contribution in [0.2, 0.25) is 0 Å². The Morgan fingerprint density at radius 2 is 1.71 bits per heavy atom. The number of rotatable bonds is 7. The van der Waals surface area contributed by atoms with Gasteiger partial charge in [-0.15, -0.1) is 0 Å². The number of phenolic OH excluding ortho intramolecular Hbond substituents is 1. The lowest BCUT2D eigenvalue weighted by Crippen LogP contribution is -2.40. The minimum absolute atomic E-state index is 0.120. The topological polar surface area (TPSA) is 139 Å². The summed E-state index contributed by atoms with van der Waals surface area (Å²) in [7, 11) is 0. The number of amides is 2. The number of phenols is 1. The Labute approximate surface area is 234 Å². The van der Waals surface area contributed by atoms with Gasteiger partial charge in [0.1, 0.15) is 11.4 Å². The van der Waals surface area contributed by atoms with Crippen LogP contribution in [0, 0.1) is 5.92 Å². The third-order valence-corrected chi connectivity index (χ3v) is 7.61. The number of nitrogens with one attached hydrogen (secondary N) is 4. The molecule has 3 aromatic rings. The maximum atomic E-state index is 13.7. The zero-order valence-electron chi connectivity index (χ0n) is 21.9. The summed E-state index contributed by atoms with van der Waals surface area (Å²) < 4.78 is 80.0. The molecule has 0 aliphatic heterocycles. The van der Waals surface area contributed by atoms with Gasteiger partial charge >= 0.3 is 12.4 Å². The number of alkyl halides is 6. The molecule has 5 rings (SSSR count). The number of imidazole rings is 1. The first kappa shape index (κ1) is 29.5. The Bertz CT molecular complexity index is 1510. The Balaban J connectivity index is 1.32. The normalized spacial score (nSPS) is 20.3. The van der Waals surface area contributed by atoms with Crippen LogP contribution in [0.4, 0.5) is 38.0 Å². The van der Waals surface area contributed by atoms with Crippen molar-refractivity contribution in [2.24, 2.45) is 5.92 Å². The van der Waals surface area contributed by atoms with Crippen molar-refractivity contribution in [2.45, 2.75) is 69.1 Å². The highest BCUT2D eigenvalue weighted by Gasteiger charge is 2.48. The highest BCUT2D eigenvalue weighted by molar-refractivity contribution is 6.00. The number of carbonyl (C=O) groups is 2. The van der Waals surface area contributed by atoms with Gasteiger partial charge in [0.15, 0.2) is 0 Å². The highest BCUT2D eigenvalue weighted by Crippen LogP contribution is 2.39. The van der Waals surface area contributed by atoms with Crippen molar-refractivity contribution >= 4 is 34.5 Å². The smallest absolute Gasteiger partial charge is 0.418 e. The molecule has 0 unspecified atom stereocenters. The number of aromatic nitrogens is 2. The summed E-state index contributed by atoms with van der Waals surface area (Å²) in [6.45, 7) is -0.127. The van der Waals surface area contributed by atoms with E-state index in [1.54, 1.807) is 0 Å². The highest BCUT2D eigenvalue weighted by atomic mass is 19.4. The summed E-state index contributed by atoms with van der Waals surface area (Å²) in [5.74, 6) is -3.33. The van der Waals surface area contributed by atoms with Crippen LogP contribution in [0.15, 0.2) is 30.3 Å². The van der Waals surface area contributed by atoms with Crippen molar-refractivity contribution in [3.8, 4) is 5.75 Å². The Hall–Kier alpha value is -4.01. The molecule has 0 atom stereocenters. The Morgan fingerprint density at radius 3 is 2.33 bits per heavy atom. The molecule has 2 amide bonds. The number of hydrogen-bond acceptors (Lipinski definition) is 6. The van der Waals surface area contributed by atoms with Gasteiger partial charge in [-0.05, 0) is 62.3 Å². The van der Waals surface area contributed by atoms with Gasteiger partial charge < -0.3 is 31.1 Å². The van der Waals surface area contributed by atoms with Crippen LogP contribution in [0.3, 0.4) is 0 Å². The quantitative estimate of drug-likeness (QED) is 0.211. The number of aromatic hydroxyl groups is 1. The fourth-order valence-corrected chi connectivity index (χ4v) is 4.99. The number of halogens is 6. The number of hydrogen-bond donors (Lipinski definition) is 6. The largest absolute Gasteiger partial charge is 0.507 e. The monoisotopic (exact) mass is 599 g/mol. The molecule has 0 bridgehead atoms. The number of H-pyrrole nitrogens is 1. The summed E-state index contributed by atoms with van der Waals surface area (Å²) >= 11 is 0. The van der Waals surface area contributed by atoms with Gasteiger partial charge in [-0.2, -0.15) is 26.3 Å². The summed E-state index contributed by atoms with van der Waals surface area (Å²) in [5.41, 5.74) is -2.35. The van der Waals surface area contributed by atoms with Crippen molar-refractivity contribution in [1.29, 1.82) is 0 Å². The number of aromatic amines is 1. The molecule has 0 saturated heterocycles. The summed E-state index contributed by atoms with van der Waals surface area (Å²) in [4.78, 5) is 31.7. The second kappa shape index (κ2) is 10.7. The average Bonchev–Trinajstić information content (AvgIpc) is 3.54. The van der Waals surface area contributed by atoms with Crippen LogP contribution in [0.25, 0.3) is 11.0 Å². The van der Waals surface area contributed by atoms with Gasteiger partial charge in [0, 0.05) is 18.7 Å². The lowest BCUT2D eigenvalue weighted by Gasteiger charge is -2.30. The van der Waals surface area contributed by atoms with Crippen LogP contribution in [0.1, 0.15) is 60.0 Å². The second-order valence-electron chi connectivity index (χ2n) is 10.8. The van der Waals surface area contributed by atoms with Crippen molar-refractivity contribution in [3.05, 3.63) is 47.0 Å². The molecule has 42 heavy (non-hydrogen) atoms. The second-order valence-corrected chi connectivity index (χ2v) is 10.8. The first-order chi connectivity index (χ1) is 19.6. The van der Waals surface area contributed by atoms with E-state index in [2.05, 4.69) is 25.9 Å². The van der Waals surface area contributed by atoms with Gasteiger partial charge in [0.2, 0.25) is 5.95 Å². The molecule has 9 nitrogen and oxygen atoms in total. The number of fused-ring (bicyclic) bond motifs is 1. The SMILES string of the molecule is O=C(NC1CCC(C(F)(F)F)CC1)c1cc2[nH]c(Nc3cc(CNC(=O)C4(O)CC4)ccc3C(F)(F)F)nc2cc1O. The molecule has 0 spiro atoms. The fraction of sp³-hybridized carbons (Fsp3) is 0.444. The Kier molecular flexibility index (Phi) is 7.49. The standard InChI is InChI=1S/C27H27F6N5O4/c28-26(29,30)14-2-4-15(5-3-14)35-22(40)16-10-19-20(11-21(16)39)38-24(37-19)36-18-9-13(1-6-17(18)27(31,32)33)12-34-23(41)25(42)7-8-25/h1,6,9-11,14-15,39,42H,2-5,7-8,12H2,(H,34,41)(H,35,40)(H2,36,37,38). The number of nitrogens with zero attached hydrogens (tertiary/aromatic N) is 1. The predicted molar refractivity (Wildman–Crippen MR) is 138 cm³/mol. The molecule has 2 saturated carbocycles. The Morgan fingerprint density at radius 1 is 1.02 bits per heavy atom. The molecule has 6 N–H and O–H groups in total. The summed E-state index contributed by atoms with van der Waals surface area (Å²) in [6, 6.07) is 5.11. The van der Waals surface area contributed by atoms with Crippen molar-refractivity contribution in [1.82, 2.24) is 20.6 Å². The lowest BCUT2D eigenvalue weighted by molar-refractivity contribution is -0.182. The molecule has 226 valence electrons. The summed E-state index contributed by atoms with van der Waals surface area (Å²) in [6.07, 6.45) is -8.39. The van der Waals surface area contributed by atoms with Crippen molar-refractivity contribution < 1.29 is 46.1 Å². The fourth-order valence-electron chi connectivity index (χ4n) is 4.99.